The minimum atomic E-state index is -0.209. The highest BCUT2D eigenvalue weighted by molar-refractivity contribution is 6.31. The zero-order valence-corrected chi connectivity index (χ0v) is 19.2. The molecule has 1 amide bonds. The van der Waals surface area contributed by atoms with E-state index in [-0.39, 0.29) is 23.5 Å². The van der Waals surface area contributed by atoms with E-state index in [1.165, 1.54) is 10.7 Å². The van der Waals surface area contributed by atoms with Crippen molar-refractivity contribution >= 4 is 23.3 Å². The molecule has 1 N–H and O–H groups in total. The quantitative estimate of drug-likeness (QED) is 0.629. The van der Waals surface area contributed by atoms with E-state index in [1.54, 1.807) is 12.1 Å². The molecule has 1 fully saturated rings. The highest BCUT2D eigenvalue weighted by atomic mass is 35.5. The number of rotatable bonds is 8. The van der Waals surface area contributed by atoms with Gasteiger partial charge in [-0.1, -0.05) is 17.7 Å². The first kappa shape index (κ1) is 23.3. The molecule has 0 unspecified atom stereocenters. The van der Waals surface area contributed by atoms with Crippen molar-refractivity contribution in [1.29, 1.82) is 0 Å². The van der Waals surface area contributed by atoms with Gasteiger partial charge in [-0.05, 0) is 63.8 Å². The van der Waals surface area contributed by atoms with Crippen molar-refractivity contribution in [3.05, 3.63) is 51.3 Å². The van der Waals surface area contributed by atoms with Gasteiger partial charge in [0.05, 0.1) is 11.8 Å². The highest BCUT2D eigenvalue weighted by Crippen LogP contribution is 2.23. The Morgan fingerprint density at radius 1 is 1.26 bits per heavy atom. The zero-order valence-electron chi connectivity index (χ0n) is 18.4. The van der Waals surface area contributed by atoms with Crippen molar-refractivity contribution in [3.63, 3.8) is 0 Å². The molecule has 168 valence electrons. The van der Waals surface area contributed by atoms with Crippen LogP contribution in [0, 0.1) is 12.8 Å². The van der Waals surface area contributed by atoms with Gasteiger partial charge in [0.1, 0.15) is 5.82 Å². The molecule has 0 aliphatic carbocycles. The van der Waals surface area contributed by atoms with Gasteiger partial charge in [-0.25, -0.2) is 0 Å². The lowest BCUT2D eigenvalue weighted by Gasteiger charge is -2.32. The molecule has 0 bridgehead atoms. The summed E-state index contributed by atoms with van der Waals surface area (Å²) in [5.41, 5.74) is 1.37. The van der Waals surface area contributed by atoms with Crippen LogP contribution in [-0.2, 0) is 9.53 Å². The Bertz CT molecular complexity index is 952. The van der Waals surface area contributed by atoms with Gasteiger partial charge in [0.2, 0.25) is 5.91 Å². The Labute approximate surface area is 188 Å². The molecular weight excluding hydrogens is 416 g/mol. The molecule has 1 aliphatic heterocycles. The van der Waals surface area contributed by atoms with Crippen LogP contribution in [0.3, 0.4) is 0 Å². The second kappa shape index (κ2) is 10.8. The first-order valence-corrected chi connectivity index (χ1v) is 11.2. The number of aryl methyl sites for hydroxylation is 1. The minimum Gasteiger partial charge on any atom is -0.379 e. The lowest BCUT2D eigenvalue weighted by Crippen LogP contribution is -2.41. The lowest BCUT2D eigenvalue weighted by molar-refractivity contribution is -0.125. The van der Waals surface area contributed by atoms with Gasteiger partial charge in [-0.15, -0.1) is 5.10 Å². The van der Waals surface area contributed by atoms with E-state index in [2.05, 4.69) is 15.3 Å². The normalized spacial score (nSPS) is 14.8. The fourth-order valence-corrected chi connectivity index (χ4v) is 3.76. The largest absolute Gasteiger partial charge is 0.379 e. The van der Waals surface area contributed by atoms with Gasteiger partial charge in [0.15, 0.2) is 0 Å². The fourth-order valence-electron chi connectivity index (χ4n) is 3.59. The minimum absolute atomic E-state index is 0.00378. The molecule has 2 heterocycles. The molecule has 7 nitrogen and oxygen atoms in total. The number of nitrogens with zero attached hydrogens (tertiary/aromatic N) is 3. The SMILES string of the molecule is Cc1ccc(-n2nc(N3CCC(C(=O)NCCCOC(C)C)CC3)ccc2=O)cc1Cl. The maximum absolute atomic E-state index is 12.4. The number of aromatic nitrogens is 2. The molecule has 31 heavy (non-hydrogen) atoms. The second-order valence-corrected chi connectivity index (χ2v) is 8.61. The number of hydrogen-bond acceptors (Lipinski definition) is 5. The summed E-state index contributed by atoms with van der Waals surface area (Å²) in [7, 11) is 0. The fraction of sp³-hybridized carbons (Fsp3) is 0.522. The Kier molecular flexibility index (Phi) is 8.09. The van der Waals surface area contributed by atoms with Gasteiger partial charge in [-0.2, -0.15) is 4.68 Å². The molecule has 3 rings (SSSR count). The van der Waals surface area contributed by atoms with Crippen LogP contribution in [0.5, 0.6) is 0 Å². The predicted molar refractivity (Wildman–Crippen MR) is 123 cm³/mol. The van der Waals surface area contributed by atoms with Crippen LogP contribution in [-0.4, -0.2) is 48.0 Å². The van der Waals surface area contributed by atoms with Gasteiger partial charge >= 0.3 is 0 Å². The maximum atomic E-state index is 12.4. The van der Waals surface area contributed by atoms with Gasteiger partial charge < -0.3 is 15.0 Å². The molecular formula is C23H31ClN4O3. The molecule has 2 aromatic rings. The van der Waals surface area contributed by atoms with Crippen molar-refractivity contribution in [1.82, 2.24) is 15.1 Å². The summed E-state index contributed by atoms with van der Waals surface area (Å²) < 4.78 is 6.87. The van der Waals surface area contributed by atoms with Crippen LogP contribution in [0.1, 0.15) is 38.7 Å². The Balaban J connectivity index is 1.56. The van der Waals surface area contributed by atoms with Crippen molar-refractivity contribution in [2.75, 3.05) is 31.1 Å². The van der Waals surface area contributed by atoms with E-state index in [9.17, 15) is 9.59 Å². The monoisotopic (exact) mass is 446 g/mol. The van der Waals surface area contributed by atoms with Gasteiger partial charge in [0, 0.05) is 43.2 Å². The van der Waals surface area contributed by atoms with Crippen molar-refractivity contribution in [2.24, 2.45) is 5.92 Å². The molecule has 0 atom stereocenters. The number of halogens is 1. The summed E-state index contributed by atoms with van der Waals surface area (Å²) in [5.74, 6) is 0.835. The molecule has 8 heteroatoms. The van der Waals surface area contributed by atoms with Crippen LogP contribution in [0.25, 0.3) is 5.69 Å². The number of amides is 1. The average Bonchev–Trinajstić information content (AvgIpc) is 2.75. The Morgan fingerprint density at radius 3 is 2.68 bits per heavy atom. The predicted octanol–water partition coefficient (Wildman–Crippen LogP) is 3.34. The molecule has 1 aliphatic rings. The smallest absolute Gasteiger partial charge is 0.271 e. The van der Waals surface area contributed by atoms with Gasteiger partial charge in [-0.3, -0.25) is 9.59 Å². The van der Waals surface area contributed by atoms with Gasteiger partial charge in [0.25, 0.3) is 5.56 Å². The summed E-state index contributed by atoms with van der Waals surface area (Å²) in [6.45, 7) is 8.65. The number of piperidine rings is 1. The van der Waals surface area contributed by atoms with E-state index in [0.29, 0.717) is 37.0 Å². The van der Waals surface area contributed by atoms with Crippen LogP contribution in [0.2, 0.25) is 5.02 Å². The Hall–Kier alpha value is -2.38. The number of anilines is 1. The number of carbonyl (C=O) groups excluding carboxylic acids is 1. The zero-order chi connectivity index (χ0) is 22.4. The molecule has 0 spiro atoms. The van der Waals surface area contributed by atoms with Crippen LogP contribution in [0.4, 0.5) is 5.82 Å². The second-order valence-electron chi connectivity index (χ2n) is 8.20. The van der Waals surface area contributed by atoms with E-state index in [0.717, 1.165) is 30.6 Å². The molecule has 1 aromatic carbocycles. The van der Waals surface area contributed by atoms with Crippen LogP contribution >= 0.6 is 11.6 Å². The average molecular weight is 447 g/mol. The number of carbonyl (C=O) groups is 1. The summed E-state index contributed by atoms with van der Waals surface area (Å²) in [6.07, 6.45) is 2.54. The maximum Gasteiger partial charge on any atom is 0.271 e. The van der Waals surface area contributed by atoms with Crippen molar-refractivity contribution < 1.29 is 9.53 Å². The highest BCUT2D eigenvalue weighted by Gasteiger charge is 2.25. The van der Waals surface area contributed by atoms with E-state index in [4.69, 9.17) is 16.3 Å². The first-order chi connectivity index (χ1) is 14.8. The molecule has 1 saturated heterocycles. The summed E-state index contributed by atoms with van der Waals surface area (Å²) in [4.78, 5) is 26.9. The van der Waals surface area contributed by atoms with Crippen molar-refractivity contribution in [3.8, 4) is 5.69 Å². The third-order valence-electron chi connectivity index (χ3n) is 5.45. The molecule has 1 aromatic heterocycles. The lowest BCUT2D eigenvalue weighted by atomic mass is 9.96. The van der Waals surface area contributed by atoms with E-state index >= 15 is 0 Å². The first-order valence-electron chi connectivity index (χ1n) is 10.9. The summed E-state index contributed by atoms with van der Waals surface area (Å²) >= 11 is 6.22. The number of ether oxygens (including phenoxy) is 1. The third kappa shape index (κ3) is 6.31. The summed E-state index contributed by atoms with van der Waals surface area (Å²) in [6, 6.07) is 8.72. The number of hydrogen-bond donors (Lipinski definition) is 1. The van der Waals surface area contributed by atoms with Crippen molar-refractivity contribution in [2.45, 2.75) is 46.1 Å². The molecule has 0 saturated carbocycles. The summed E-state index contributed by atoms with van der Waals surface area (Å²) in [5, 5.41) is 8.16. The van der Waals surface area contributed by atoms with Crippen LogP contribution in [0.15, 0.2) is 35.1 Å². The topological polar surface area (TPSA) is 76.5 Å². The number of benzene rings is 1. The number of nitrogens with one attached hydrogen (secondary N) is 1. The standard InChI is InChI=1S/C23H31ClN4O3/c1-16(2)31-14-4-11-25-23(30)18-9-12-27(13-10-18)21-7-8-22(29)28(26-21)19-6-5-17(3)20(24)15-19/h5-8,15-16,18H,4,9-14H2,1-3H3,(H,25,30). The Morgan fingerprint density at radius 2 is 2.00 bits per heavy atom. The van der Waals surface area contributed by atoms with Crippen LogP contribution < -0.4 is 15.8 Å². The van der Waals surface area contributed by atoms with E-state index in [1.807, 2.05) is 32.9 Å². The third-order valence-corrected chi connectivity index (χ3v) is 5.85. The van der Waals surface area contributed by atoms with E-state index < -0.39 is 0 Å². The molecule has 0 radical (unpaired) electrons.